The van der Waals surface area contributed by atoms with E-state index in [1.54, 1.807) is 6.08 Å². The predicted molar refractivity (Wildman–Crippen MR) is 429 cm³/mol. The molecule has 107 heavy (non-hydrogen) atoms. The Hall–Kier alpha value is -6.69. The number of rotatable bonds is 24. The minimum atomic E-state index is -0.644. The van der Waals surface area contributed by atoms with Crippen molar-refractivity contribution < 1.29 is 59.7 Å². The maximum atomic E-state index is 12.4. The first kappa shape index (κ1) is 82.8. The molecule has 9 aliphatic rings. The fraction of sp³-hybridized carbons (Fsp3) is 0.559. The number of hydrogen-bond donors (Lipinski definition) is 7. The highest BCUT2D eigenvalue weighted by Crippen LogP contribution is 2.62. The van der Waals surface area contributed by atoms with Crippen LogP contribution in [-0.2, 0) is 19.0 Å². The topological polar surface area (TPSA) is 220 Å². The van der Waals surface area contributed by atoms with Crippen LogP contribution in [0, 0.1) is 69.5 Å². The predicted octanol–water partition coefficient (Wildman–Crippen LogP) is 17.7. The van der Waals surface area contributed by atoms with E-state index in [0.717, 1.165) is 69.5 Å². The van der Waals surface area contributed by atoms with Gasteiger partial charge in [0.05, 0.1) is 56.4 Å². The average molecular weight is 1460 g/mol. The van der Waals surface area contributed by atoms with E-state index in [-0.39, 0.29) is 28.6 Å². The summed E-state index contributed by atoms with van der Waals surface area (Å²) < 4.78 is 18.2. The van der Waals surface area contributed by atoms with Gasteiger partial charge in [0.1, 0.15) is 24.6 Å². The van der Waals surface area contributed by atoms with Crippen LogP contribution in [-0.4, -0.2) is 136 Å². The molecular formula is C93H126N2O12. The molecule has 14 heteroatoms. The van der Waals surface area contributed by atoms with E-state index < -0.39 is 36.6 Å². The lowest BCUT2D eigenvalue weighted by atomic mass is 9.61. The lowest BCUT2D eigenvalue weighted by Gasteiger charge is -2.44. The van der Waals surface area contributed by atoms with Crippen LogP contribution in [0.1, 0.15) is 198 Å². The van der Waals surface area contributed by atoms with Gasteiger partial charge in [-0.3, -0.25) is 4.79 Å². The minimum Gasteiger partial charge on any atom is -0.411 e. The molecule has 0 aliphatic heterocycles. The van der Waals surface area contributed by atoms with Crippen molar-refractivity contribution in [2.75, 3.05) is 46.2 Å². The third kappa shape index (κ3) is 20.7. The van der Waals surface area contributed by atoms with E-state index in [0.29, 0.717) is 143 Å². The average Bonchev–Trinajstić information content (AvgIpc) is 1.63. The zero-order valence-electron chi connectivity index (χ0n) is 65.1. The third-order valence-corrected chi connectivity index (χ3v) is 26.6. The number of allylic oxidation sites excluding steroid dienone is 9. The van der Waals surface area contributed by atoms with E-state index in [2.05, 4.69) is 115 Å². The van der Waals surface area contributed by atoms with Crippen LogP contribution < -0.4 is 0 Å². The van der Waals surface area contributed by atoms with E-state index in [1.807, 2.05) is 91.0 Å². The molecule has 0 unspecified atom stereocenters. The van der Waals surface area contributed by atoms with Crippen molar-refractivity contribution in [1.29, 1.82) is 0 Å². The first-order valence-electron chi connectivity index (χ1n) is 40.2. The second-order valence-electron chi connectivity index (χ2n) is 33.7. The van der Waals surface area contributed by atoms with Crippen molar-refractivity contribution in [2.45, 2.75) is 213 Å². The smallest absolute Gasteiger partial charge is 0.188 e. The summed E-state index contributed by atoms with van der Waals surface area (Å²) in [5, 5.41) is 78.0. The molecule has 0 amide bonds. The number of carbonyl (C=O) groups is 1. The summed E-state index contributed by atoms with van der Waals surface area (Å²) in [6, 6.07) is 29.1. The van der Waals surface area contributed by atoms with E-state index in [4.69, 9.17) is 19.0 Å². The number of carbonyl (C=O) groups excluding carboxylic acids is 1. The van der Waals surface area contributed by atoms with Gasteiger partial charge in [0.25, 0.3) is 0 Å². The number of oxime groups is 2. The molecule has 0 heterocycles. The van der Waals surface area contributed by atoms with Crippen LogP contribution in [0.25, 0.3) is 0 Å². The number of ether oxygens (including phenoxy) is 3. The third-order valence-electron chi connectivity index (χ3n) is 26.6. The number of ketones is 1. The normalized spacial score (nSPS) is 34.1. The second-order valence-corrected chi connectivity index (χ2v) is 33.7. The first-order chi connectivity index (χ1) is 51.5. The Bertz CT molecular complexity index is 3750. The maximum absolute atomic E-state index is 12.4. The van der Waals surface area contributed by atoms with E-state index >= 15 is 0 Å². The van der Waals surface area contributed by atoms with Gasteiger partial charge in [-0.1, -0.05) is 228 Å². The zero-order chi connectivity index (χ0) is 76.4. The Kier molecular flexibility index (Phi) is 30.0. The number of nitrogens with zero attached hydrogens (tertiary/aromatic N) is 2. The Morgan fingerprint density at radius 3 is 1.15 bits per heavy atom. The van der Waals surface area contributed by atoms with Gasteiger partial charge in [0, 0.05) is 49.2 Å². The Morgan fingerprint density at radius 1 is 0.477 bits per heavy atom. The number of benzene rings is 3. The molecule has 9 saturated carbocycles. The van der Waals surface area contributed by atoms with Crippen molar-refractivity contribution in [1.82, 2.24) is 0 Å². The first-order valence-corrected chi connectivity index (χ1v) is 40.2. The minimum absolute atomic E-state index is 0.0405. The Labute approximate surface area is 639 Å². The van der Waals surface area contributed by atoms with Crippen molar-refractivity contribution in [3.05, 3.63) is 227 Å². The standard InChI is InChI=1S/C33H45NO4.C30H41NO4.C30H40O4/c1-5-18-38-34-31(26-10-7-6-8-11-26)22-37-21-23(2)29-15-16-30-25(12-9-17-33(29,30)4)13-14-27-19-28(35)20-32(36)24(27)3;1-20(18-35-19-28(31-34)23-8-5-4-6-9-23)26-13-14-27-22(10-7-15-30(26,27)3)11-12-24-16-25(32)17-29(33)21(24)2;1-20(18-34-19-29(33)23-8-5-4-6-9-23)26-13-14-27-22(10-7-15-30(26,27)3)11-12-24-16-25(31)17-28(32)21(24)2/h5-8,10-11,13-14,23,28-30,32,35-36H,1,3,9,12,15-22H2,2,4H3;4-6,8-9,11-12,20,25-27,29,32-34H,2,7,10,13-19H2,1,3H3;4-6,8-9,11-12,20,25-28,31-32H,2,7,10,13-19H2,1,3H3/b25-13+,27-14-,34-31?;22-11+,24-12-,31-28?;22-11+,24-12-/t23-,28-,29-,30+,32+,33-;20-,25-,26-,27+,29+,30-;20-,25-,26-,27+,28+,30-/m111/s1. The SMILES string of the molecule is C=C1/C(=C\C=C2/CCC[C@]3(C)[C@@H]([C@H](C)COCC(=NO)c4ccccc4)CC[C@@H]23)C[C@@H](O)C[C@@H]1O.C=C1/C(=C\C=C2/CCC[C@]3(C)[C@@H]([C@H](C)COCC(=O)c4ccccc4)CC[C@@H]23)C[C@@H](O)C[C@@H]1O.C=CCON=C(COC[C@@H](C)[C@H]1CC[C@H]2/C(=C/C=C3/C[C@@H](O)C[C@H](O)C3=C)CCC[C@]12C)c1ccccc1. The number of Topliss-reactive ketones (excluding diaryl/α,β-unsaturated/α-hetero) is 1. The molecule has 3 aromatic carbocycles. The van der Waals surface area contributed by atoms with E-state index in [1.165, 1.54) is 93.8 Å². The number of aliphatic hydroxyl groups excluding tert-OH is 6. The molecule has 0 radical (unpaired) electrons. The molecule has 0 saturated heterocycles. The fourth-order valence-corrected chi connectivity index (χ4v) is 20.9. The Morgan fingerprint density at radius 2 is 0.804 bits per heavy atom. The molecule has 0 spiro atoms. The van der Waals surface area contributed by atoms with Crippen LogP contribution in [0.2, 0.25) is 0 Å². The van der Waals surface area contributed by atoms with Crippen LogP contribution in [0.5, 0.6) is 0 Å². The van der Waals surface area contributed by atoms with Gasteiger partial charge in [-0.05, 0) is 219 Å². The highest BCUT2D eigenvalue weighted by atomic mass is 16.6. The Balaban J connectivity index is 0.000000172. The number of fused-ring (bicyclic) bond motifs is 3. The lowest BCUT2D eigenvalue weighted by molar-refractivity contribution is 0.0333. The molecule has 18 atom stereocenters. The van der Waals surface area contributed by atoms with Gasteiger partial charge >= 0.3 is 0 Å². The summed E-state index contributed by atoms with van der Waals surface area (Å²) in [4.78, 5) is 17.8. The molecule has 9 fully saturated rings. The molecule has 0 aromatic heterocycles. The molecule has 0 bridgehead atoms. The summed E-state index contributed by atoms with van der Waals surface area (Å²) in [6.07, 6.45) is 32.1. The highest BCUT2D eigenvalue weighted by molar-refractivity contribution is 6.01. The van der Waals surface area contributed by atoms with Gasteiger partial charge < -0.3 is 54.9 Å². The van der Waals surface area contributed by atoms with Gasteiger partial charge in [-0.2, -0.15) is 0 Å². The summed E-state index contributed by atoms with van der Waals surface area (Å²) in [5.74, 6) is 4.76. The molecule has 9 aliphatic carbocycles. The molecular weight excluding hydrogens is 1340 g/mol. The largest absolute Gasteiger partial charge is 0.411 e. The molecule has 7 N–H and O–H groups in total. The van der Waals surface area contributed by atoms with Crippen molar-refractivity contribution in [3.63, 3.8) is 0 Å². The van der Waals surface area contributed by atoms with Crippen LogP contribution >= 0.6 is 0 Å². The highest BCUT2D eigenvalue weighted by Gasteiger charge is 2.53. The van der Waals surface area contributed by atoms with Gasteiger partial charge in [-0.25, -0.2) is 0 Å². The molecule has 14 nitrogen and oxygen atoms in total. The molecule has 3 aromatic rings. The summed E-state index contributed by atoms with van der Waals surface area (Å²) in [6.45, 7) is 33.4. The van der Waals surface area contributed by atoms with Crippen LogP contribution in [0.15, 0.2) is 220 Å². The van der Waals surface area contributed by atoms with E-state index in [9.17, 15) is 40.6 Å². The monoisotopic (exact) mass is 1460 g/mol. The zero-order valence-corrected chi connectivity index (χ0v) is 65.1. The van der Waals surface area contributed by atoms with Gasteiger partial charge in [0.2, 0.25) is 0 Å². The number of hydrogen-bond acceptors (Lipinski definition) is 14. The van der Waals surface area contributed by atoms with Crippen molar-refractivity contribution >= 4 is 17.2 Å². The number of aliphatic hydroxyl groups is 6. The summed E-state index contributed by atoms with van der Waals surface area (Å²) in [7, 11) is 0. The van der Waals surface area contributed by atoms with Gasteiger partial charge in [-0.15, -0.1) is 0 Å². The van der Waals surface area contributed by atoms with Crippen molar-refractivity contribution in [2.24, 2.45) is 79.8 Å². The molecule has 580 valence electrons. The van der Waals surface area contributed by atoms with Gasteiger partial charge in [0.15, 0.2) is 5.78 Å². The fourth-order valence-electron chi connectivity index (χ4n) is 20.9. The van der Waals surface area contributed by atoms with Crippen LogP contribution in [0.3, 0.4) is 0 Å². The summed E-state index contributed by atoms with van der Waals surface area (Å²) in [5.41, 5.74) is 14.4. The van der Waals surface area contributed by atoms with Crippen LogP contribution in [0.4, 0.5) is 0 Å². The molecule has 12 rings (SSSR count). The quantitative estimate of drug-likeness (QED) is 0.0111. The lowest BCUT2D eigenvalue weighted by Crippen LogP contribution is -2.37. The maximum Gasteiger partial charge on any atom is 0.188 e. The summed E-state index contributed by atoms with van der Waals surface area (Å²) >= 11 is 0. The second kappa shape index (κ2) is 38.8. The van der Waals surface area contributed by atoms with Crippen molar-refractivity contribution in [3.8, 4) is 0 Å².